The van der Waals surface area contributed by atoms with Gasteiger partial charge in [-0.1, -0.05) is 81.4 Å². The number of carbonyl (C=O) groups excluding carboxylic acids is 1. The molecule has 0 spiro atoms. The summed E-state index contributed by atoms with van der Waals surface area (Å²) in [6.07, 6.45) is 0.481. The molecule has 1 unspecified atom stereocenters. The summed E-state index contributed by atoms with van der Waals surface area (Å²) in [5.41, 5.74) is 1.49. The fraction of sp³-hybridized carbons (Fsp3) is 0.409. The molecule has 0 aliphatic heterocycles. The van der Waals surface area contributed by atoms with E-state index in [1.54, 1.807) is 0 Å². The monoisotopic (exact) mass is 352 g/mol. The number of ketones is 1. The van der Waals surface area contributed by atoms with Gasteiger partial charge in [-0.05, 0) is 29.3 Å². The number of rotatable bonds is 7. The zero-order valence-corrected chi connectivity index (χ0v) is 16.5. The first-order chi connectivity index (χ1) is 12.1. The highest BCUT2D eigenvalue weighted by Crippen LogP contribution is 2.49. The maximum atomic E-state index is 13.1. The third-order valence-electron chi connectivity index (χ3n) is 6.08. The van der Waals surface area contributed by atoms with Gasteiger partial charge in [0, 0.05) is 6.42 Å². The summed E-state index contributed by atoms with van der Waals surface area (Å²) in [6, 6.07) is 23.7. The van der Waals surface area contributed by atoms with Crippen molar-refractivity contribution in [3.8, 4) is 0 Å². The standard InChI is InChI=1S/C22H28O2Si/c1-4-25(5-2,6-3)24-21-17-20(23)22(21,18-13-9-7-10-14-18)19-15-11-8-12-16-19/h7-16,21H,4-6,17H2,1-3H3. The summed E-state index contributed by atoms with van der Waals surface area (Å²) < 4.78 is 6.83. The van der Waals surface area contributed by atoms with Crippen LogP contribution in [0.5, 0.6) is 0 Å². The zero-order chi connectivity index (χ0) is 17.9. The van der Waals surface area contributed by atoms with Gasteiger partial charge in [0.15, 0.2) is 14.1 Å². The molecule has 25 heavy (non-hydrogen) atoms. The Morgan fingerprint density at radius 1 is 0.880 bits per heavy atom. The van der Waals surface area contributed by atoms with E-state index >= 15 is 0 Å². The van der Waals surface area contributed by atoms with Crippen LogP contribution in [0.4, 0.5) is 0 Å². The first kappa shape index (κ1) is 18.1. The molecule has 0 radical (unpaired) electrons. The normalized spacial score (nSPS) is 19.5. The third kappa shape index (κ3) is 2.90. The fourth-order valence-corrected chi connectivity index (χ4v) is 7.09. The summed E-state index contributed by atoms with van der Waals surface area (Å²) in [7, 11) is -1.79. The third-order valence-corrected chi connectivity index (χ3v) is 10.7. The highest BCUT2D eigenvalue weighted by atomic mass is 28.4. The first-order valence-electron chi connectivity index (χ1n) is 9.45. The molecule has 0 aromatic heterocycles. The van der Waals surface area contributed by atoms with Crippen LogP contribution in [0.2, 0.25) is 18.1 Å². The zero-order valence-electron chi connectivity index (χ0n) is 15.5. The van der Waals surface area contributed by atoms with E-state index in [0.29, 0.717) is 6.42 Å². The van der Waals surface area contributed by atoms with Crippen molar-refractivity contribution in [3.63, 3.8) is 0 Å². The predicted octanol–water partition coefficient (Wildman–Crippen LogP) is 5.34. The van der Waals surface area contributed by atoms with Crippen molar-refractivity contribution >= 4 is 14.1 Å². The minimum atomic E-state index is -1.79. The average molecular weight is 353 g/mol. The van der Waals surface area contributed by atoms with Crippen LogP contribution >= 0.6 is 0 Å². The molecule has 132 valence electrons. The number of hydrogen-bond acceptors (Lipinski definition) is 2. The van der Waals surface area contributed by atoms with Crippen molar-refractivity contribution in [2.75, 3.05) is 0 Å². The molecular weight excluding hydrogens is 324 g/mol. The molecule has 0 N–H and O–H groups in total. The van der Waals surface area contributed by atoms with Crippen molar-refractivity contribution in [2.45, 2.75) is 56.8 Å². The second-order valence-electron chi connectivity index (χ2n) is 7.02. The van der Waals surface area contributed by atoms with Gasteiger partial charge in [-0.25, -0.2) is 0 Å². The summed E-state index contributed by atoms with van der Waals surface area (Å²) in [5.74, 6) is 0.279. The molecule has 1 fully saturated rings. The smallest absolute Gasteiger partial charge is 0.192 e. The molecule has 1 aliphatic rings. The molecule has 2 aromatic carbocycles. The average Bonchev–Trinajstić information content (AvgIpc) is 2.67. The minimum Gasteiger partial charge on any atom is -0.412 e. The van der Waals surface area contributed by atoms with Crippen molar-refractivity contribution in [1.29, 1.82) is 0 Å². The Hall–Kier alpha value is -1.71. The lowest BCUT2D eigenvalue weighted by atomic mass is 9.57. The molecule has 0 saturated heterocycles. The van der Waals surface area contributed by atoms with Crippen molar-refractivity contribution in [2.24, 2.45) is 0 Å². The Balaban J connectivity index is 2.09. The quantitative estimate of drug-likeness (QED) is 0.629. The maximum absolute atomic E-state index is 13.1. The van der Waals surface area contributed by atoms with Gasteiger partial charge in [-0.3, -0.25) is 4.79 Å². The molecule has 2 nitrogen and oxygen atoms in total. The second kappa shape index (κ2) is 7.26. The van der Waals surface area contributed by atoms with Crippen LogP contribution < -0.4 is 0 Å². The molecule has 0 heterocycles. The fourth-order valence-electron chi connectivity index (χ4n) is 4.23. The summed E-state index contributed by atoms with van der Waals surface area (Å²) in [4.78, 5) is 13.1. The van der Waals surface area contributed by atoms with Gasteiger partial charge in [0.05, 0.1) is 6.10 Å². The van der Waals surface area contributed by atoms with Crippen LogP contribution in [0.15, 0.2) is 60.7 Å². The Kier molecular flexibility index (Phi) is 5.26. The lowest BCUT2D eigenvalue weighted by Crippen LogP contribution is -2.62. The van der Waals surface area contributed by atoms with Gasteiger partial charge in [-0.2, -0.15) is 0 Å². The Morgan fingerprint density at radius 2 is 1.32 bits per heavy atom. The van der Waals surface area contributed by atoms with E-state index in [9.17, 15) is 4.79 Å². The maximum Gasteiger partial charge on any atom is 0.192 e. The molecule has 3 rings (SSSR count). The molecule has 0 bridgehead atoms. The highest BCUT2D eigenvalue weighted by Gasteiger charge is 2.59. The molecular formula is C22H28O2Si. The van der Waals surface area contributed by atoms with E-state index in [4.69, 9.17) is 4.43 Å². The second-order valence-corrected chi connectivity index (χ2v) is 11.7. The van der Waals surface area contributed by atoms with E-state index in [2.05, 4.69) is 45.0 Å². The summed E-state index contributed by atoms with van der Waals surface area (Å²) in [5, 5.41) is 0. The van der Waals surface area contributed by atoms with Crippen LogP contribution in [0.25, 0.3) is 0 Å². The number of benzene rings is 2. The van der Waals surface area contributed by atoms with E-state index in [0.717, 1.165) is 29.3 Å². The van der Waals surface area contributed by atoms with Gasteiger partial charge in [-0.15, -0.1) is 0 Å². The molecule has 1 aliphatic carbocycles. The molecule has 2 aromatic rings. The minimum absolute atomic E-state index is 0.0451. The first-order valence-corrected chi connectivity index (χ1v) is 12.0. The molecule has 1 atom stereocenters. The van der Waals surface area contributed by atoms with Crippen molar-refractivity contribution in [3.05, 3.63) is 71.8 Å². The summed E-state index contributed by atoms with van der Waals surface area (Å²) in [6.45, 7) is 6.73. The Bertz CT molecular complexity index is 660. The molecule has 1 saturated carbocycles. The Labute approximate surface area is 152 Å². The van der Waals surface area contributed by atoms with Crippen LogP contribution in [0, 0.1) is 0 Å². The van der Waals surface area contributed by atoms with Crippen LogP contribution in [0.1, 0.15) is 38.3 Å². The lowest BCUT2D eigenvalue weighted by Gasteiger charge is -2.51. The summed E-state index contributed by atoms with van der Waals surface area (Å²) >= 11 is 0. The van der Waals surface area contributed by atoms with Gasteiger partial charge < -0.3 is 4.43 Å². The SMILES string of the molecule is CC[Si](CC)(CC)OC1CC(=O)C1(c1ccccc1)c1ccccc1. The highest BCUT2D eigenvalue weighted by molar-refractivity contribution is 6.73. The largest absolute Gasteiger partial charge is 0.412 e. The van der Waals surface area contributed by atoms with E-state index in [-0.39, 0.29) is 11.9 Å². The van der Waals surface area contributed by atoms with Crippen LogP contribution in [-0.4, -0.2) is 20.2 Å². The van der Waals surface area contributed by atoms with Crippen molar-refractivity contribution in [1.82, 2.24) is 0 Å². The topological polar surface area (TPSA) is 26.3 Å². The lowest BCUT2D eigenvalue weighted by molar-refractivity contribution is -0.139. The molecule has 3 heteroatoms. The number of Topliss-reactive ketones (excluding diaryl/α,β-unsaturated/α-hetero) is 1. The van der Waals surface area contributed by atoms with Gasteiger partial charge >= 0.3 is 0 Å². The Morgan fingerprint density at radius 3 is 1.68 bits per heavy atom. The molecule has 0 amide bonds. The van der Waals surface area contributed by atoms with E-state index in [1.165, 1.54) is 0 Å². The van der Waals surface area contributed by atoms with Gasteiger partial charge in [0.1, 0.15) is 5.41 Å². The van der Waals surface area contributed by atoms with Gasteiger partial charge in [0.25, 0.3) is 0 Å². The van der Waals surface area contributed by atoms with E-state index in [1.807, 2.05) is 36.4 Å². The number of carbonyl (C=O) groups is 1. The van der Waals surface area contributed by atoms with Crippen LogP contribution in [0.3, 0.4) is 0 Å². The van der Waals surface area contributed by atoms with Crippen molar-refractivity contribution < 1.29 is 9.22 Å². The predicted molar refractivity (Wildman–Crippen MR) is 105 cm³/mol. The van der Waals surface area contributed by atoms with Crippen LogP contribution in [-0.2, 0) is 14.6 Å². The van der Waals surface area contributed by atoms with Gasteiger partial charge in [0.2, 0.25) is 0 Å². The van der Waals surface area contributed by atoms with E-state index < -0.39 is 13.7 Å². The number of hydrogen-bond donors (Lipinski definition) is 0.